The predicted octanol–water partition coefficient (Wildman–Crippen LogP) is 1.99. The minimum atomic E-state index is -0.943. The van der Waals surface area contributed by atoms with E-state index >= 15 is 0 Å². The van der Waals surface area contributed by atoms with Gasteiger partial charge in [0.2, 0.25) is 5.91 Å². The Morgan fingerprint density at radius 1 is 1.26 bits per heavy atom. The van der Waals surface area contributed by atoms with Crippen LogP contribution >= 0.6 is 0 Å². The summed E-state index contributed by atoms with van der Waals surface area (Å²) in [5.41, 5.74) is 0.895. The summed E-state index contributed by atoms with van der Waals surface area (Å²) in [4.78, 5) is 22.9. The quantitative estimate of drug-likeness (QED) is 0.788. The summed E-state index contributed by atoms with van der Waals surface area (Å²) in [6, 6.07) is 8.59. The summed E-state index contributed by atoms with van der Waals surface area (Å²) in [5.74, 6) is -0.496. The Kier molecular flexibility index (Phi) is 4.55. The summed E-state index contributed by atoms with van der Waals surface area (Å²) in [6.07, 6.45) is 4.05. The number of nitrogens with one attached hydrogen (secondary N) is 1. The van der Waals surface area contributed by atoms with Gasteiger partial charge in [-0.1, -0.05) is 43.2 Å². The van der Waals surface area contributed by atoms with Gasteiger partial charge in [-0.3, -0.25) is 4.79 Å². The van der Waals surface area contributed by atoms with E-state index in [1.165, 1.54) is 12.8 Å². The predicted molar refractivity (Wildman–Crippen MR) is 71.7 cm³/mol. The van der Waals surface area contributed by atoms with Crippen molar-refractivity contribution in [3.63, 3.8) is 0 Å². The minimum absolute atomic E-state index is 0.227. The summed E-state index contributed by atoms with van der Waals surface area (Å²) >= 11 is 0. The second-order valence-corrected chi connectivity index (χ2v) is 5.14. The maximum Gasteiger partial charge on any atom is 0.326 e. The zero-order chi connectivity index (χ0) is 13.7. The van der Waals surface area contributed by atoms with Crippen molar-refractivity contribution in [2.24, 2.45) is 5.92 Å². The number of aliphatic carboxylic acids is 1. The molecule has 0 bridgehead atoms. The summed E-state index contributed by atoms with van der Waals surface area (Å²) in [5, 5.41) is 11.7. The molecule has 0 heterocycles. The molecule has 1 fully saturated rings. The largest absolute Gasteiger partial charge is 0.480 e. The molecule has 102 valence electrons. The standard InChI is InChI=1S/C15H19NO3/c17-14(10-12-4-2-1-3-5-12)16-13(15(18)19)9-8-11-6-7-11/h1-5,11,13H,6-10H2,(H,16,17)(H,18,19). The Bertz CT molecular complexity index is 440. The van der Waals surface area contributed by atoms with Crippen molar-refractivity contribution in [1.29, 1.82) is 0 Å². The van der Waals surface area contributed by atoms with E-state index in [-0.39, 0.29) is 12.3 Å². The number of carboxylic acids is 1. The highest BCUT2D eigenvalue weighted by atomic mass is 16.4. The molecule has 0 aromatic heterocycles. The van der Waals surface area contributed by atoms with Crippen molar-refractivity contribution in [2.45, 2.75) is 38.1 Å². The Hall–Kier alpha value is -1.84. The van der Waals surface area contributed by atoms with Crippen LogP contribution in [0.2, 0.25) is 0 Å². The van der Waals surface area contributed by atoms with E-state index < -0.39 is 12.0 Å². The fourth-order valence-electron chi connectivity index (χ4n) is 2.09. The number of hydrogen-bond acceptors (Lipinski definition) is 2. The van der Waals surface area contributed by atoms with Crippen LogP contribution in [0, 0.1) is 5.92 Å². The van der Waals surface area contributed by atoms with Crippen LogP contribution in [0.15, 0.2) is 30.3 Å². The molecule has 2 rings (SSSR count). The maximum atomic E-state index is 11.8. The molecule has 1 aliphatic rings. The van der Waals surface area contributed by atoms with Crippen LogP contribution in [0.1, 0.15) is 31.2 Å². The number of benzene rings is 1. The summed E-state index contributed by atoms with van der Waals surface area (Å²) in [7, 11) is 0. The smallest absolute Gasteiger partial charge is 0.326 e. The van der Waals surface area contributed by atoms with Gasteiger partial charge < -0.3 is 10.4 Å². The Balaban J connectivity index is 1.81. The first kappa shape index (κ1) is 13.6. The highest BCUT2D eigenvalue weighted by Gasteiger charge is 2.26. The molecule has 0 radical (unpaired) electrons. The zero-order valence-corrected chi connectivity index (χ0v) is 10.8. The van der Waals surface area contributed by atoms with Crippen molar-refractivity contribution in [2.75, 3.05) is 0 Å². The van der Waals surface area contributed by atoms with E-state index in [2.05, 4.69) is 5.32 Å². The van der Waals surface area contributed by atoms with Gasteiger partial charge in [0.15, 0.2) is 0 Å². The first-order valence-electron chi connectivity index (χ1n) is 6.71. The fourth-order valence-corrected chi connectivity index (χ4v) is 2.09. The normalized spacial score (nSPS) is 15.8. The van der Waals surface area contributed by atoms with Crippen molar-refractivity contribution >= 4 is 11.9 Å². The molecule has 1 aromatic rings. The molecule has 0 spiro atoms. The van der Waals surface area contributed by atoms with E-state index in [0.717, 1.165) is 12.0 Å². The van der Waals surface area contributed by atoms with E-state index in [4.69, 9.17) is 5.11 Å². The molecule has 1 aliphatic carbocycles. The minimum Gasteiger partial charge on any atom is -0.480 e. The molecule has 1 atom stereocenters. The van der Waals surface area contributed by atoms with E-state index in [0.29, 0.717) is 12.3 Å². The van der Waals surface area contributed by atoms with E-state index in [1.54, 1.807) is 0 Å². The van der Waals surface area contributed by atoms with Crippen molar-refractivity contribution in [1.82, 2.24) is 5.32 Å². The molecule has 0 aliphatic heterocycles. The van der Waals surface area contributed by atoms with Crippen LogP contribution in [0.25, 0.3) is 0 Å². The Morgan fingerprint density at radius 3 is 2.53 bits per heavy atom. The molecule has 0 saturated heterocycles. The highest BCUT2D eigenvalue weighted by molar-refractivity contribution is 5.84. The molecule has 4 nitrogen and oxygen atoms in total. The van der Waals surface area contributed by atoms with Gasteiger partial charge in [-0.2, -0.15) is 0 Å². The lowest BCUT2D eigenvalue weighted by atomic mass is 10.1. The number of rotatable bonds is 7. The molecule has 4 heteroatoms. The molecule has 19 heavy (non-hydrogen) atoms. The molecule has 1 aromatic carbocycles. The van der Waals surface area contributed by atoms with Gasteiger partial charge in [0.25, 0.3) is 0 Å². The van der Waals surface area contributed by atoms with Gasteiger partial charge in [-0.05, 0) is 24.3 Å². The van der Waals surface area contributed by atoms with Crippen LogP contribution in [0.4, 0.5) is 0 Å². The third-order valence-electron chi connectivity index (χ3n) is 3.40. The van der Waals surface area contributed by atoms with Gasteiger partial charge >= 0.3 is 5.97 Å². The number of carbonyl (C=O) groups excluding carboxylic acids is 1. The SMILES string of the molecule is O=C(Cc1ccccc1)NC(CCC1CC1)C(=O)O. The topological polar surface area (TPSA) is 66.4 Å². The first-order chi connectivity index (χ1) is 9.15. The first-order valence-corrected chi connectivity index (χ1v) is 6.71. The average molecular weight is 261 g/mol. The van der Waals surface area contributed by atoms with E-state index in [9.17, 15) is 9.59 Å². The van der Waals surface area contributed by atoms with Gasteiger partial charge in [-0.25, -0.2) is 4.79 Å². The van der Waals surface area contributed by atoms with E-state index in [1.807, 2.05) is 30.3 Å². The second-order valence-electron chi connectivity index (χ2n) is 5.14. The van der Waals surface area contributed by atoms with Gasteiger partial charge in [0, 0.05) is 0 Å². The average Bonchev–Trinajstić information content (AvgIpc) is 3.19. The monoisotopic (exact) mass is 261 g/mol. The van der Waals surface area contributed by atoms with Crippen LogP contribution in [-0.2, 0) is 16.0 Å². The molecule has 1 amide bonds. The lowest BCUT2D eigenvalue weighted by Gasteiger charge is -2.14. The number of carboxylic acid groups (broad SMARTS) is 1. The summed E-state index contributed by atoms with van der Waals surface area (Å²) in [6.45, 7) is 0. The lowest BCUT2D eigenvalue weighted by Crippen LogP contribution is -2.41. The van der Waals surface area contributed by atoms with Crippen LogP contribution in [0.5, 0.6) is 0 Å². The van der Waals surface area contributed by atoms with Crippen molar-refractivity contribution < 1.29 is 14.7 Å². The number of amides is 1. The lowest BCUT2D eigenvalue weighted by molar-refractivity contribution is -0.142. The van der Waals surface area contributed by atoms with Gasteiger partial charge in [-0.15, -0.1) is 0 Å². The van der Waals surface area contributed by atoms with Crippen molar-refractivity contribution in [3.05, 3.63) is 35.9 Å². The Labute approximate surface area is 112 Å². The Morgan fingerprint density at radius 2 is 1.95 bits per heavy atom. The van der Waals surface area contributed by atoms with Gasteiger partial charge in [0.05, 0.1) is 6.42 Å². The molecule has 2 N–H and O–H groups in total. The van der Waals surface area contributed by atoms with Crippen LogP contribution in [0.3, 0.4) is 0 Å². The van der Waals surface area contributed by atoms with Crippen molar-refractivity contribution in [3.8, 4) is 0 Å². The summed E-state index contributed by atoms with van der Waals surface area (Å²) < 4.78 is 0. The third kappa shape index (κ3) is 4.73. The van der Waals surface area contributed by atoms with Gasteiger partial charge in [0.1, 0.15) is 6.04 Å². The molecule has 1 unspecified atom stereocenters. The third-order valence-corrected chi connectivity index (χ3v) is 3.40. The molecular formula is C15H19NO3. The zero-order valence-electron chi connectivity index (χ0n) is 10.8. The number of carbonyl (C=O) groups is 2. The van der Waals surface area contributed by atoms with Crippen LogP contribution in [-0.4, -0.2) is 23.0 Å². The fraction of sp³-hybridized carbons (Fsp3) is 0.467. The maximum absolute atomic E-state index is 11.8. The highest BCUT2D eigenvalue weighted by Crippen LogP contribution is 2.33. The molecular weight excluding hydrogens is 242 g/mol. The van der Waals surface area contributed by atoms with Crippen LogP contribution < -0.4 is 5.32 Å². The number of hydrogen-bond donors (Lipinski definition) is 2. The molecule has 1 saturated carbocycles. The second kappa shape index (κ2) is 6.36.